The maximum Gasteiger partial charge on any atom is 0.321 e. The number of aromatic nitrogens is 2. The number of carbonyl (C=O) groups excluding carboxylic acids is 2. The molecule has 0 fully saturated rings. The highest BCUT2D eigenvalue weighted by Crippen LogP contribution is 2.19. The maximum atomic E-state index is 11.9. The summed E-state index contributed by atoms with van der Waals surface area (Å²) in [5.41, 5.74) is 0.668. The van der Waals surface area contributed by atoms with Crippen LogP contribution in [0.5, 0.6) is 0 Å². The number of alkyl halides is 1. The van der Waals surface area contributed by atoms with Gasteiger partial charge in [-0.25, -0.2) is 0 Å². The van der Waals surface area contributed by atoms with E-state index in [0.29, 0.717) is 10.6 Å². The highest BCUT2D eigenvalue weighted by molar-refractivity contribution is 9.10. The average molecular weight is 336 g/mol. The van der Waals surface area contributed by atoms with E-state index in [1.54, 1.807) is 0 Å². The van der Waals surface area contributed by atoms with Gasteiger partial charge < -0.3 is 10.1 Å². The van der Waals surface area contributed by atoms with Gasteiger partial charge in [0.05, 0.1) is 12.8 Å². The van der Waals surface area contributed by atoms with E-state index in [9.17, 15) is 9.59 Å². The average Bonchev–Trinajstić information content (AvgIpc) is 2.83. The highest BCUT2D eigenvalue weighted by atomic mass is 79.9. The molecule has 0 spiro atoms. The Labute approximate surface area is 117 Å². The fourth-order valence-electron chi connectivity index (χ4n) is 1.21. The molecule has 0 aliphatic carbocycles. The Hall–Kier alpha value is -1.02. The standard InChI is InChI=1S/C10H14BrN3O3S/c1-5(2)7-8(18-14-13-7)9(15)12-4-6(11)10(16)17-3/h5-6H,4H2,1-3H3,(H,12,15). The van der Waals surface area contributed by atoms with Gasteiger partial charge >= 0.3 is 5.97 Å². The summed E-state index contributed by atoms with van der Waals surface area (Å²) in [6.07, 6.45) is 0. The van der Waals surface area contributed by atoms with Gasteiger partial charge in [0.15, 0.2) is 0 Å². The number of esters is 1. The van der Waals surface area contributed by atoms with Crippen molar-refractivity contribution < 1.29 is 14.3 Å². The van der Waals surface area contributed by atoms with Crippen LogP contribution in [0.4, 0.5) is 0 Å². The smallest absolute Gasteiger partial charge is 0.321 e. The van der Waals surface area contributed by atoms with Crippen LogP contribution in [0.15, 0.2) is 0 Å². The van der Waals surface area contributed by atoms with Gasteiger partial charge in [0, 0.05) is 6.54 Å². The number of hydrogen-bond donors (Lipinski definition) is 1. The Bertz CT molecular complexity index is 436. The van der Waals surface area contributed by atoms with Crippen LogP contribution in [0, 0.1) is 0 Å². The van der Waals surface area contributed by atoms with E-state index in [4.69, 9.17) is 0 Å². The zero-order valence-corrected chi connectivity index (χ0v) is 12.7. The lowest BCUT2D eigenvalue weighted by Crippen LogP contribution is -2.34. The molecule has 1 atom stereocenters. The van der Waals surface area contributed by atoms with Gasteiger partial charge in [0.1, 0.15) is 9.70 Å². The SMILES string of the molecule is COC(=O)C(Br)CNC(=O)c1snnc1C(C)C. The lowest BCUT2D eigenvalue weighted by molar-refractivity contribution is -0.139. The molecule has 0 saturated carbocycles. The topological polar surface area (TPSA) is 81.2 Å². The second-order valence-electron chi connectivity index (χ2n) is 3.84. The number of ether oxygens (including phenoxy) is 1. The fourth-order valence-corrected chi connectivity index (χ4v) is 2.29. The van der Waals surface area contributed by atoms with Crippen LogP contribution in [-0.2, 0) is 9.53 Å². The lowest BCUT2D eigenvalue weighted by Gasteiger charge is -2.09. The van der Waals surface area contributed by atoms with Crippen molar-refractivity contribution in [3.63, 3.8) is 0 Å². The Balaban J connectivity index is 2.61. The van der Waals surface area contributed by atoms with Gasteiger partial charge in [0.25, 0.3) is 5.91 Å². The third-order valence-electron chi connectivity index (χ3n) is 2.17. The number of rotatable bonds is 5. The lowest BCUT2D eigenvalue weighted by atomic mass is 10.1. The first-order valence-corrected chi connectivity index (χ1v) is 6.98. The summed E-state index contributed by atoms with van der Waals surface area (Å²) in [4.78, 5) is 23.0. The van der Waals surface area contributed by atoms with E-state index >= 15 is 0 Å². The van der Waals surface area contributed by atoms with Crippen LogP contribution in [0.2, 0.25) is 0 Å². The van der Waals surface area contributed by atoms with E-state index in [0.717, 1.165) is 11.5 Å². The number of nitrogens with zero attached hydrogens (tertiary/aromatic N) is 2. The zero-order valence-electron chi connectivity index (χ0n) is 10.3. The maximum absolute atomic E-state index is 11.9. The first kappa shape index (κ1) is 15.0. The van der Waals surface area contributed by atoms with Gasteiger partial charge in [0.2, 0.25) is 0 Å². The first-order chi connectivity index (χ1) is 8.47. The molecule has 0 radical (unpaired) electrons. The molecule has 0 saturated heterocycles. The molecule has 100 valence electrons. The third kappa shape index (κ3) is 3.74. The van der Waals surface area contributed by atoms with Crippen molar-refractivity contribution in [3.05, 3.63) is 10.6 Å². The molecule has 1 aromatic heterocycles. The molecule has 18 heavy (non-hydrogen) atoms. The molecule has 1 N–H and O–H groups in total. The minimum Gasteiger partial charge on any atom is -0.468 e. The molecule has 0 aromatic carbocycles. The van der Waals surface area contributed by atoms with Gasteiger partial charge in [-0.15, -0.1) is 5.10 Å². The number of nitrogens with one attached hydrogen (secondary N) is 1. The molecule has 6 nitrogen and oxygen atoms in total. The van der Waals surface area contributed by atoms with Gasteiger partial charge in [-0.05, 0) is 17.5 Å². The molecule has 8 heteroatoms. The summed E-state index contributed by atoms with van der Waals surface area (Å²) in [5.74, 6) is -0.575. The Kier molecular flexibility index (Phi) is 5.67. The summed E-state index contributed by atoms with van der Waals surface area (Å²) >= 11 is 4.17. The van der Waals surface area contributed by atoms with E-state index < -0.39 is 10.8 Å². The second-order valence-corrected chi connectivity index (χ2v) is 5.70. The number of methoxy groups -OCH3 is 1. The molecule has 1 aromatic rings. The van der Waals surface area contributed by atoms with Crippen LogP contribution in [0.25, 0.3) is 0 Å². The van der Waals surface area contributed by atoms with Crippen LogP contribution in [0.1, 0.15) is 35.1 Å². The van der Waals surface area contributed by atoms with E-state index in [2.05, 4.69) is 35.6 Å². The van der Waals surface area contributed by atoms with Crippen molar-refractivity contribution in [3.8, 4) is 0 Å². The summed E-state index contributed by atoms with van der Waals surface area (Å²) in [6.45, 7) is 4.03. The van der Waals surface area contributed by atoms with Crippen LogP contribution in [-0.4, -0.2) is 39.9 Å². The van der Waals surface area contributed by atoms with Crippen LogP contribution >= 0.6 is 27.5 Å². The summed E-state index contributed by atoms with van der Waals surface area (Å²) < 4.78 is 8.31. The van der Waals surface area contributed by atoms with Crippen molar-refractivity contribution in [2.45, 2.75) is 24.6 Å². The number of halogens is 1. The summed E-state index contributed by atoms with van der Waals surface area (Å²) in [5, 5.41) is 6.56. The minimum absolute atomic E-state index is 0.130. The predicted molar refractivity (Wildman–Crippen MR) is 71.1 cm³/mol. The normalized spacial score (nSPS) is 12.3. The highest BCUT2D eigenvalue weighted by Gasteiger charge is 2.21. The number of amides is 1. The molecular weight excluding hydrogens is 322 g/mol. The summed E-state index contributed by atoms with van der Waals surface area (Å²) in [7, 11) is 1.29. The molecule has 1 rings (SSSR count). The molecule has 0 aliphatic rings. The Morgan fingerprint density at radius 1 is 1.50 bits per heavy atom. The fraction of sp³-hybridized carbons (Fsp3) is 0.600. The van der Waals surface area contributed by atoms with Crippen molar-refractivity contribution in [1.82, 2.24) is 14.9 Å². The largest absolute Gasteiger partial charge is 0.468 e. The zero-order chi connectivity index (χ0) is 13.7. The van der Waals surface area contributed by atoms with Crippen molar-refractivity contribution in [2.75, 3.05) is 13.7 Å². The van der Waals surface area contributed by atoms with Crippen LogP contribution < -0.4 is 5.32 Å². The van der Waals surface area contributed by atoms with Gasteiger partial charge in [-0.1, -0.05) is 34.3 Å². The molecule has 0 bridgehead atoms. The van der Waals surface area contributed by atoms with Gasteiger partial charge in [-0.2, -0.15) is 0 Å². The third-order valence-corrected chi connectivity index (χ3v) is 3.60. The van der Waals surface area contributed by atoms with Crippen LogP contribution in [0.3, 0.4) is 0 Å². The second kappa shape index (κ2) is 6.79. The summed E-state index contributed by atoms with van der Waals surface area (Å²) in [6, 6.07) is 0. The first-order valence-electron chi connectivity index (χ1n) is 5.29. The van der Waals surface area contributed by atoms with E-state index in [1.807, 2.05) is 13.8 Å². The van der Waals surface area contributed by atoms with Crippen molar-refractivity contribution in [1.29, 1.82) is 0 Å². The predicted octanol–water partition coefficient (Wildman–Crippen LogP) is 1.33. The van der Waals surface area contributed by atoms with E-state index in [1.165, 1.54) is 7.11 Å². The number of hydrogen-bond acceptors (Lipinski definition) is 6. The monoisotopic (exact) mass is 335 g/mol. The minimum atomic E-state index is -0.560. The Morgan fingerprint density at radius 2 is 2.17 bits per heavy atom. The van der Waals surface area contributed by atoms with Gasteiger partial charge in [-0.3, -0.25) is 9.59 Å². The Morgan fingerprint density at radius 3 is 2.72 bits per heavy atom. The molecule has 1 heterocycles. The molecule has 1 unspecified atom stereocenters. The van der Waals surface area contributed by atoms with E-state index in [-0.39, 0.29) is 18.4 Å². The number of carbonyl (C=O) groups is 2. The molecule has 0 aliphatic heterocycles. The van der Waals surface area contributed by atoms with Crippen molar-refractivity contribution in [2.24, 2.45) is 0 Å². The quantitative estimate of drug-likeness (QED) is 0.648. The molecule has 1 amide bonds. The molecular formula is C10H14BrN3O3S. The van der Waals surface area contributed by atoms with Crippen molar-refractivity contribution >= 4 is 39.3 Å².